The molecule has 0 aliphatic carbocycles. The van der Waals surface area contributed by atoms with Gasteiger partial charge in [-0.15, -0.1) is 0 Å². The Morgan fingerprint density at radius 1 is 0.955 bits per heavy atom. The summed E-state index contributed by atoms with van der Waals surface area (Å²) in [5.41, 5.74) is -0.303. The number of carbonyl (C=O) groups is 3. The predicted octanol–water partition coefficient (Wildman–Crippen LogP) is 1.75. The minimum absolute atomic E-state index is 0.303. The summed E-state index contributed by atoms with van der Waals surface area (Å²) in [4.78, 5) is 28.9. The van der Waals surface area contributed by atoms with Crippen LogP contribution in [0.25, 0.3) is 0 Å². The summed E-state index contributed by atoms with van der Waals surface area (Å²) < 4.78 is 0. The molecule has 8 nitrogen and oxygen atoms in total. The number of hydrogen-bond donors (Lipinski definition) is 3. The highest BCUT2D eigenvalue weighted by Crippen LogP contribution is 1.95. The van der Waals surface area contributed by atoms with E-state index in [9.17, 15) is 14.4 Å². The van der Waals surface area contributed by atoms with E-state index in [4.69, 9.17) is 25.8 Å². The molecule has 0 saturated carbocycles. The van der Waals surface area contributed by atoms with E-state index in [-0.39, 0.29) is 5.57 Å². The SMILES string of the molecule is C=C(CC(=O)O)C(=O)O.C=CC#N.C=CC#N.C=CC(=O)O. The molecule has 0 fully saturated rings. The van der Waals surface area contributed by atoms with E-state index in [1.807, 2.05) is 0 Å². The van der Waals surface area contributed by atoms with E-state index in [0.717, 1.165) is 6.08 Å². The van der Waals surface area contributed by atoms with Crippen molar-refractivity contribution in [1.29, 1.82) is 10.5 Å². The summed E-state index contributed by atoms with van der Waals surface area (Å²) in [5, 5.41) is 38.7. The molecule has 0 bridgehead atoms. The van der Waals surface area contributed by atoms with Crippen molar-refractivity contribution in [2.45, 2.75) is 6.42 Å². The topological polar surface area (TPSA) is 159 Å². The van der Waals surface area contributed by atoms with Gasteiger partial charge in [0.2, 0.25) is 0 Å². The molecule has 0 radical (unpaired) electrons. The fourth-order valence-electron chi connectivity index (χ4n) is 0.258. The molecule has 0 atom stereocenters. The fourth-order valence-corrected chi connectivity index (χ4v) is 0.258. The van der Waals surface area contributed by atoms with Gasteiger partial charge < -0.3 is 15.3 Å². The van der Waals surface area contributed by atoms with Crippen LogP contribution in [0.15, 0.2) is 50.1 Å². The van der Waals surface area contributed by atoms with E-state index in [0.29, 0.717) is 0 Å². The van der Waals surface area contributed by atoms with Gasteiger partial charge in [0.1, 0.15) is 0 Å². The molecule has 0 rings (SSSR count). The number of rotatable bonds is 4. The number of nitrogens with zero attached hydrogens (tertiary/aromatic N) is 2. The van der Waals surface area contributed by atoms with Gasteiger partial charge in [0, 0.05) is 23.8 Å². The Hall–Kier alpha value is -3.65. The second-order valence-electron chi connectivity index (χ2n) is 2.69. The average Bonchev–Trinajstić information content (AvgIpc) is 2.47. The molecule has 0 aromatic heterocycles. The first-order chi connectivity index (χ1) is 10.1. The van der Waals surface area contributed by atoms with E-state index in [1.165, 1.54) is 12.2 Å². The zero-order chi connectivity index (χ0) is 18.6. The monoisotopic (exact) mass is 308 g/mol. The van der Waals surface area contributed by atoms with Crippen LogP contribution >= 0.6 is 0 Å². The Kier molecular flexibility index (Phi) is 27.5. The van der Waals surface area contributed by atoms with Crippen LogP contribution in [0.2, 0.25) is 0 Å². The van der Waals surface area contributed by atoms with E-state index in [2.05, 4.69) is 26.3 Å². The normalized spacial score (nSPS) is 6.27. The molecule has 22 heavy (non-hydrogen) atoms. The quantitative estimate of drug-likeness (QED) is 0.523. The Labute approximate surface area is 127 Å². The van der Waals surface area contributed by atoms with Crippen LogP contribution in [0.1, 0.15) is 6.42 Å². The molecular weight excluding hydrogens is 292 g/mol. The third-order valence-electron chi connectivity index (χ3n) is 1.02. The lowest BCUT2D eigenvalue weighted by atomic mass is 10.2. The van der Waals surface area contributed by atoms with Crippen LogP contribution in [-0.4, -0.2) is 33.2 Å². The van der Waals surface area contributed by atoms with Gasteiger partial charge in [-0.3, -0.25) is 4.79 Å². The lowest BCUT2D eigenvalue weighted by Crippen LogP contribution is -2.04. The maximum Gasteiger partial charge on any atom is 0.331 e. The van der Waals surface area contributed by atoms with Crippen LogP contribution < -0.4 is 0 Å². The maximum absolute atomic E-state index is 9.87. The maximum atomic E-state index is 9.87. The average molecular weight is 308 g/mol. The van der Waals surface area contributed by atoms with Crippen LogP contribution in [0.5, 0.6) is 0 Å². The number of nitriles is 2. The number of allylic oxidation sites excluding steroid dienone is 2. The largest absolute Gasteiger partial charge is 0.481 e. The van der Waals surface area contributed by atoms with Crippen molar-refractivity contribution in [3.05, 3.63) is 50.1 Å². The van der Waals surface area contributed by atoms with Crippen molar-refractivity contribution in [3.63, 3.8) is 0 Å². The Morgan fingerprint density at radius 3 is 1.27 bits per heavy atom. The first-order valence-corrected chi connectivity index (χ1v) is 5.13. The Bertz CT molecular complexity index is 476. The van der Waals surface area contributed by atoms with Gasteiger partial charge in [-0.1, -0.05) is 26.3 Å². The van der Waals surface area contributed by atoms with Gasteiger partial charge in [-0.2, -0.15) is 10.5 Å². The van der Waals surface area contributed by atoms with Crippen molar-refractivity contribution in [2.75, 3.05) is 0 Å². The Balaban J connectivity index is -0.000000107. The molecule has 0 aromatic carbocycles. The second kappa shape index (κ2) is 22.5. The Morgan fingerprint density at radius 2 is 1.23 bits per heavy atom. The molecule has 0 unspecified atom stereocenters. The van der Waals surface area contributed by atoms with Crippen LogP contribution in [0, 0.1) is 22.7 Å². The van der Waals surface area contributed by atoms with Crippen molar-refractivity contribution in [3.8, 4) is 12.1 Å². The minimum atomic E-state index is -1.27. The number of aliphatic carboxylic acids is 3. The smallest absolute Gasteiger partial charge is 0.331 e. The lowest BCUT2D eigenvalue weighted by molar-refractivity contribution is -0.139. The van der Waals surface area contributed by atoms with E-state index >= 15 is 0 Å². The van der Waals surface area contributed by atoms with Gasteiger partial charge >= 0.3 is 17.9 Å². The van der Waals surface area contributed by atoms with Crippen molar-refractivity contribution < 1.29 is 29.7 Å². The highest BCUT2D eigenvalue weighted by atomic mass is 16.4. The van der Waals surface area contributed by atoms with Gasteiger partial charge in [-0.05, 0) is 0 Å². The van der Waals surface area contributed by atoms with Crippen LogP contribution in [-0.2, 0) is 14.4 Å². The molecule has 0 aliphatic heterocycles. The number of hydrogen-bond acceptors (Lipinski definition) is 5. The molecule has 0 heterocycles. The summed E-state index contributed by atoms with van der Waals surface area (Å²) in [6, 6.07) is 3.39. The molecule has 0 saturated heterocycles. The lowest BCUT2D eigenvalue weighted by Gasteiger charge is -1.91. The zero-order valence-electron chi connectivity index (χ0n) is 11.7. The molecule has 0 aliphatic rings. The molecule has 0 amide bonds. The van der Waals surface area contributed by atoms with E-state index < -0.39 is 24.3 Å². The van der Waals surface area contributed by atoms with E-state index in [1.54, 1.807) is 12.1 Å². The molecule has 3 N–H and O–H groups in total. The minimum Gasteiger partial charge on any atom is -0.481 e. The number of carboxylic acid groups (broad SMARTS) is 3. The molecular formula is C14H16N2O6. The van der Waals surface area contributed by atoms with Gasteiger partial charge in [0.05, 0.1) is 18.6 Å². The van der Waals surface area contributed by atoms with Gasteiger partial charge in [-0.25, -0.2) is 9.59 Å². The zero-order valence-corrected chi connectivity index (χ0v) is 11.7. The standard InChI is InChI=1S/C5H6O4.2C3H3N.C3H4O2/c1-3(5(8)9)2-4(6)7;2*1-2-3-4;1-2-3(4)5/h1-2H2,(H,6,7)(H,8,9);2*2H,1H2;2H,1H2,(H,4,5). The first-order valence-electron chi connectivity index (χ1n) is 5.13. The number of carboxylic acids is 3. The van der Waals surface area contributed by atoms with Gasteiger partial charge in [0.25, 0.3) is 0 Å². The van der Waals surface area contributed by atoms with Crippen LogP contribution in [0.3, 0.4) is 0 Å². The first kappa shape index (κ1) is 26.8. The van der Waals surface area contributed by atoms with Crippen molar-refractivity contribution in [1.82, 2.24) is 0 Å². The second-order valence-corrected chi connectivity index (χ2v) is 2.69. The van der Waals surface area contributed by atoms with Crippen LogP contribution in [0.4, 0.5) is 0 Å². The summed E-state index contributed by atoms with van der Waals surface area (Å²) in [5.74, 6) is -3.43. The summed E-state index contributed by atoms with van der Waals surface area (Å²) >= 11 is 0. The third kappa shape index (κ3) is 55.3. The van der Waals surface area contributed by atoms with Crippen molar-refractivity contribution >= 4 is 17.9 Å². The predicted molar refractivity (Wildman–Crippen MR) is 78.5 cm³/mol. The molecule has 0 aromatic rings. The highest BCUT2D eigenvalue weighted by Gasteiger charge is 2.07. The molecule has 118 valence electrons. The molecule has 0 spiro atoms. The van der Waals surface area contributed by atoms with Crippen molar-refractivity contribution in [2.24, 2.45) is 0 Å². The summed E-state index contributed by atoms with van der Waals surface area (Å²) in [6.07, 6.45) is 2.69. The third-order valence-corrected chi connectivity index (χ3v) is 1.02. The molecule has 8 heteroatoms. The highest BCUT2D eigenvalue weighted by molar-refractivity contribution is 5.91. The summed E-state index contributed by atoms with van der Waals surface area (Å²) in [6.45, 7) is 12.2. The fraction of sp³-hybridized carbons (Fsp3) is 0.0714. The van der Waals surface area contributed by atoms with Gasteiger partial charge in [0.15, 0.2) is 0 Å². The summed E-state index contributed by atoms with van der Waals surface area (Å²) in [7, 11) is 0.